The summed E-state index contributed by atoms with van der Waals surface area (Å²) in [5, 5.41) is -1.18. The van der Waals surface area contributed by atoms with Crippen LogP contribution in [0, 0.1) is 5.95 Å². The largest absolute Gasteiger partial charge is 0.573 e. The predicted octanol–water partition coefficient (Wildman–Crippen LogP) is 2.50. The van der Waals surface area contributed by atoms with Crippen molar-refractivity contribution in [3.05, 3.63) is 23.8 Å². The molecule has 0 N–H and O–H groups in total. The number of halogens is 5. The number of pyridine rings is 1. The Morgan fingerprint density at radius 3 is 2.47 bits per heavy atom. The van der Waals surface area contributed by atoms with Crippen LogP contribution in [0.5, 0.6) is 5.75 Å². The molecule has 1 aromatic rings. The van der Waals surface area contributed by atoms with E-state index in [0.29, 0.717) is 12.1 Å². The second kappa shape index (κ2) is 4.01. The molecule has 1 aromatic heterocycles. The van der Waals surface area contributed by atoms with E-state index in [1.54, 1.807) is 0 Å². The minimum Gasteiger partial charge on any atom is -0.406 e. The lowest BCUT2D eigenvalue weighted by Gasteiger charge is -2.08. The monoisotopic (exact) mass is 243 g/mol. The highest BCUT2D eigenvalue weighted by Gasteiger charge is 2.31. The fourth-order valence-electron chi connectivity index (χ4n) is 0.767. The first kappa shape index (κ1) is 11.7. The van der Waals surface area contributed by atoms with Crippen LogP contribution in [-0.4, -0.2) is 16.6 Å². The van der Waals surface area contributed by atoms with Crippen LogP contribution in [0.3, 0.4) is 0 Å². The van der Waals surface area contributed by atoms with Gasteiger partial charge in [-0.2, -0.15) is 4.39 Å². The summed E-state index contributed by atoms with van der Waals surface area (Å²) >= 11 is 4.91. The number of aromatic nitrogens is 1. The predicted molar refractivity (Wildman–Crippen MR) is 41.1 cm³/mol. The molecule has 1 heterocycles. The maximum atomic E-state index is 12.6. The van der Waals surface area contributed by atoms with E-state index in [1.165, 1.54) is 0 Å². The van der Waals surface area contributed by atoms with E-state index in [4.69, 9.17) is 11.6 Å². The molecule has 0 unspecified atom stereocenters. The first-order valence-electron chi connectivity index (χ1n) is 3.41. The molecule has 0 atom stereocenters. The summed E-state index contributed by atoms with van der Waals surface area (Å²) in [6.45, 7) is 0. The molecular weight excluding hydrogens is 242 g/mol. The van der Waals surface area contributed by atoms with E-state index in [0.717, 1.165) is 0 Å². The molecule has 1 rings (SSSR count). The summed E-state index contributed by atoms with van der Waals surface area (Å²) in [6.07, 6.45) is -4.97. The molecule has 0 aromatic carbocycles. The summed E-state index contributed by atoms with van der Waals surface area (Å²) in [5.41, 5.74) is -0.657. The van der Waals surface area contributed by atoms with Gasteiger partial charge in [0.05, 0.1) is 0 Å². The van der Waals surface area contributed by atoms with Crippen molar-refractivity contribution in [3.63, 3.8) is 0 Å². The molecule has 0 fully saturated rings. The van der Waals surface area contributed by atoms with Crippen LogP contribution < -0.4 is 4.74 Å². The van der Waals surface area contributed by atoms with Crippen LogP contribution in [0.25, 0.3) is 0 Å². The Bertz CT molecular complexity index is 393. The van der Waals surface area contributed by atoms with Gasteiger partial charge in [0, 0.05) is 12.1 Å². The number of ether oxygens (including phenoxy) is 1. The molecular formula is C7H2ClF4NO2. The van der Waals surface area contributed by atoms with E-state index in [-0.39, 0.29) is 0 Å². The van der Waals surface area contributed by atoms with Crippen molar-refractivity contribution < 1.29 is 27.1 Å². The van der Waals surface area contributed by atoms with Gasteiger partial charge in [0.1, 0.15) is 11.4 Å². The van der Waals surface area contributed by atoms with Gasteiger partial charge < -0.3 is 4.74 Å². The second-order valence-corrected chi connectivity index (χ2v) is 2.68. The van der Waals surface area contributed by atoms with Crippen LogP contribution in [-0.2, 0) is 0 Å². The zero-order chi connectivity index (χ0) is 11.6. The van der Waals surface area contributed by atoms with Gasteiger partial charge in [0.2, 0.25) is 5.95 Å². The summed E-state index contributed by atoms with van der Waals surface area (Å²) in [4.78, 5) is 13.5. The number of rotatable bonds is 2. The van der Waals surface area contributed by atoms with Gasteiger partial charge in [-0.25, -0.2) is 4.98 Å². The number of nitrogens with zero attached hydrogens (tertiary/aromatic N) is 1. The van der Waals surface area contributed by atoms with Gasteiger partial charge in [-0.1, -0.05) is 0 Å². The van der Waals surface area contributed by atoms with E-state index >= 15 is 0 Å². The third kappa shape index (κ3) is 3.70. The maximum absolute atomic E-state index is 12.6. The highest BCUT2D eigenvalue weighted by Crippen LogP contribution is 2.23. The molecule has 8 heteroatoms. The summed E-state index contributed by atoms with van der Waals surface area (Å²) in [6, 6.07) is 0.975. The molecule has 0 aliphatic rings. The minimum absolute atomic E-state index is 0.386. The number of carbonyl (C=O) groups is 1. The number of alkyl halides is 3. The van der Waals surface area contributed by atoms with Crippen molar-refractivity contribution in [3.8, 4) is 5.75 Å². The van der Waals surface area contributed by atoms with Gasteiger partial charge in [-0.15, -0.1) is 13.2 Å². The zero-order valence-corrected chi connectivity index (χ0v) is 7.56. The molecule has 0 aliphatic heterocycles. The molecule has 0 amide bonds. The number of hydrogen-bond acceptors (Lipinski definition) is 3. The highest BCUT2D eigenvalue weighted by atomic mass is 35.5. The molecule has 0 spiro atoms. The van der Waals surface area contributed by atoms with E-state index in [2.05, 4.69) is 9.72 Å². The lowest BCUT2D eigenvalue weighted by atomic mass is 10.3. The van der Waals surface area contributed by atoms with Gasteiger partial charge >= 0.3 is 6.36 Å². The first-order valence-corrected chi connectivity index (χ1v) is 3.79. The Hall–Kier alpha value is -1.37. The van der Waals surface area contributed by atoms with Crippen molar-refractivity contribution >= 4 is 16.8 Å². The normalized spacial score (nSPS) is 11.3. The molecule has 82 valence electrons. The van der Waals surface area contributed by atoms with Gasteiger partial charge in [0.15, 0.2) is 0 Å². The molecule has 3 nitrogen and oxygen atoms in total. The topological polar surface area (TPSA) is 39.2 Å². The van der Waals surface area contributed by atoms with Gasteiger partial charge in [-0.3, -0.25) is 4.79 Å². The third-order valence-corrected chi connectivity index (χ3v) is 1.40. The van der Waals surface area contributed by atoms with Crippen molar-refractivity contribution in [2.45, 2.75) is 6.36 Å². The van der Waals surface area contributed by atoms with Crippen molar-refractivity contribution in [2.24, 2.45) is 0 Å². The maximum Gasteiger partial charge on any atom is 0.573 e. The molecule has 0 saturated heterocycles. The fourth-order valence-corrected chi connectivity index (χ4v) is 0.863. The number of carbonyl (C=O) groups excluding carboxylic acids is 1. The van der Waals surface area contributed by atoms with E-state index in [1.807, 2.05) is 0 Å². The molecule has 0 aliphatic carbocycles. The van der Waals surface area contributed by atoms with Crippen molar-refractivity contribution in [1.82, 2.24) is 4.98 Å². The summed E-state index contributed by atoms with van der Waals surface area (Å²) < 4.78 is 51.1. The molecule has 0 bridgehead atoms. The Kier molecular flexibility index (Phi) is 3.13. The Morgan fingerprint density at radius 1 is 1.40 bits per heavy atom. The van der Waals surface area contributed by atoms with E-state index in [9.17, 15) is 22.4 Å². The lowest BCUT2D eigenvalue weighted by Crippen LogP contribution is -2.17. The van der Waals surface area contributed by atoms with Gasteiger partial charge in [0.25, 0.3) is 5.24 Å². The Labute approximate surface area is 85.6 Å². The van der Waals surface area contributed by atoms with Gasteiger partial charge in [-0.05, 0) is 11.6 Å². The van der Waals surface area contributed by atoms with Crippen molar-refractivity contribution in [2.75, 3.05) is 0 Å². The summed E-state index contributed by atoms with van der Waals surface area (Å²) in [7, 11) is 0. The smallest absolute Gasteiger partial charge is 0.406 e. The summed E-state index contributed by atoms with van der Waals surface area (Å²) in [5.74, 6) is -2.18. The molecule has 15 heavy (non-hydrogen) atoms. The minimum atomic E-state index is -4.97. The Morgan fingerprint density at radius 2 is 2.00 bits per heavy atom. The standard InChI is InChI=1S/C7H2ClF4NO2/c8-6(14)4-1-3(2-5(9)13-4)15-7(10,11)12/h1-2H. The third-order valence-electron chi connectivity index (χ3n) is 1.20. The number of hydrogen-bond donors (Lipinski definition) is 0. The van der Waals surface area contributed by atoms with Crippen LogP contribution in [0.4, 0.5) is 17.6 Å². The fraction of sp³-hybridized carbons (Fsp3) is 0.143. The van der Waals surface area contributed by atoms with Crippen LogP contribution in [0.2, 0.25) is 0 Å². The quantitative estimate of drug-likeness (QED) is 0.455. The lowest BCUT2D eigenvalue weighted by molar-refractivity contribution is -0.274. The SMILES string of the molecule is O=C(Cl)c1cc(OC(F)(F)F)cc(F)n1. The Balaban J connectivity index is 3.04. The van der Waals surface area contributed by atoms with Crippen LogP contribution >= 0.6 is 11.6 Å². The molecule has 0 saturated carbocycles. The first-order chi connectivity index (χ1) is 6.78. The zero-order valence-electron chi connectivity index (χ0n) is 6.81. The van der Waals surface area contributed by atoms with Crippen LogP contribution in [0.1, 0.15) is 10.5 Å². The molecule has 0 radical (unpaired) electrons. The van der Waals surface area contributed by atoms with E-state index < -0.39 is 29.0 Å². The van der Waals surface area contributed by atoms with Crippen LogP contribution in [0.15, 0.2) is 12.1 Å². The average Bonchev–Trinajstić information content (AvgIpc) is 1.99. The highest BCUT2D eigenvalue weighted by molar-refractivity contribution is 6.67. The second-order valence-electron chi connectivity index (χ2n) is 2.33. The average molecular weight is 244 g/mol. The van der Waals surface area contributed by atoms with Crippen molar-refractivity contribution in [1.29, 1.82) is 0 Å².